The fraction of sp³-hybridized carbons (Fsp3) is 0.120. The van der Waals surface area contributed by atoms with Crippen LogP contribution in [-0.2, 0) is 10.5 Å². The van der Waals surface area contributed by atoms with Crippen LogP contribution in [-0.4, -0.2) is 27.0 Å². The van der Waals surface area contributed by atoms with Gasteiger partial charge in [-0.25, -0.2) is 0 Å². The zero-order valence-corrected chi connectivity index (χ0v) is 21.8. The van der Waals surface area contributed by atoms with E-state index in [1.54, 1.807) is 49.4 Å². The smallest absolute Gasteiger partial charge is 0.296 e. The van der Waals surface area contributed by atoms with Gasteiger partial charge in [0.1, 0.15) is 5.76 Å². The number of nitrogens with zero attached hydrogens (tertiary/aromatic N) is 3. The molecule has 0 aliphatic carbocycles. The van der Waals surface area contributed by atoms with Gasteiger partial charge in [-0.3, -0.25) is 14.5 Å². The molecule has 1 aliphatic rings. The lowest BCUT2D eigenvalue weighted by Crippen LogP contribution is -2.31. The van der Waals surface area contributed by atoms with Crippen LogP contribution in [0.5, 0.6) is 0 Å². The third-order valence-electron chi connectivity index (χ3n) is 5.50. The van der Waals surface area contributed by atoms with Gasteiger partial charge in [0.15, 0.2) is 15.9 Å². The fourth-order valence-electron chi connectivity index (χ4n) is 3.81. The number of halogens is 2. The summed E-state index contributed by atoms with van der Waals surface area (Å²) in [4.78, 5) is 27.9. The van der Waals surface area contributed by atoms with E-state index in [9.17, 15) is 14.7 Å². The van der Waals surface area contributed by atoms with E-state index in [1.165, 1.54) is 34.1 Å². The number of rotatable bonds is 7. The van der Waals surface area contributed by atoms with E-state index in [-0.39, 0.29) is 16.5 Å². The number of anilines is 1. The minimum atomic E-state index is -0.895. The van der Waals surface area contributed by atoms with Crippen molar-refractivity contribution in [1.29, 1.82) is 0 Å². The standard InChI is InChI=1S/C25H17Cl2N3O4S2/c1-13-7-10-18(34-13)21(31)19-20(14-5-3-2-4-6-14)30(23(33)22(19)32)24-28-29-25(36-24)35-12-15-8-9-16(26)11-17(15)27/h2-11,20,32H,12H2,1H3. The number of carbonyl (C=O) groups is 2. The van der Waals surface area contributed by atoms with Crippen molar-refractivity contribution in [2.24, 2.45) is 0 Å². The highest BCUT2D eigenvalue weighted by atomic mass is 35.5. The molecule has 2 aromatic heterocycles. The summed E-state index contributed by atoms with van der Waals surface area (Å²) in [6.07, 6.45) is 0. The van der Waals surface area contributed by atoms with Gasteiger partial charge in [0.05, 0.1) is 11.6 Å². The van der Waals surface area contributed by atoms with Gasteiger partial charge >= 0.3 is 0 Å². The Bertz CT molecular complexity index is 1500. The molecule has 1 aliphatic heterocycles. The zero-order chi connectivity index (χ0) is 25.4. The molecule has 2 aromatic carbocycles. The Morgan fingerprint density at radius 3 is 2.61 bits per heavy atom. The summed E-state index contributed by atoms with van der Waals surface area (Å²) in [6, 6.07) is 16.5. The van der Waals surface area contributed by atoms with Gasteiger partial charge in [-0.15, -0.1) is 10.2 Å². The van der Waals surface area contributed by atoms with Crippen molar-refractivity contribution < 1.29 is 19.1 Å². The van der Waals surface area contributed by atoms with Gasteiger partial charge < -0.3 is 9.52 Å². The molecule has 7 nitrogen and oxygen atoms in total. The average Bonchev–Trinajstić information content (AvgIpc) is 3.57. The first-order valence-electron chi connectivity index (χ1n) is 10.7. The Morgan fingerprint density at radius 1 is 1.14 bits per heavy atom. The summed E-state index contributed by atoms with van der Waals surface area (Å²) in [5.74, 6) is -0.836. The van der Waals surface area contributed by atoms with E-state index in [0.717, 1.165) is 5.56 Å². The largest absolute Gasteiger partial charge is 0.503 e. The average molecular weight is 558 g/mol. The maximum absolute atomic E-state index is 13.3. The summed E-state index contributed by atoms with van der Waals surface area (Å²) in [6.45, 7) is 1.71. The molecule has 0 saturated carbocycles. The third kappa shape index (κ3) is 4.67. The number of Topliss-reactive ketones (excluding diaryl/α,β-unsaturated/α-hetero) is 1. The number of carbonyl (C=O) groups excluding carboxylic acids is 2. The molecular weight excluding hydrogens is 541 g/mol. The lowest BCUT2D eigenvalue weighted by atomic mass is 9.95. The Kier molecular flexibility index (Phi) is 6.90. The Morgan fingerprint density at radius 2 is 1.92 bits per heavy atom. The van der Waals surface area contributed by atoms with E-state index in [0.29, 0.717) is 31.5 Å². The van der Waals surface area contributed by atoms with E-state index in [2.05, 4.69) is 10.2 Å². The lowest BCUT2D eigenvalue weighted by molar-refractivity contribution is -0.117. The maximum Gasteiger partial charge on any atom is 0.296 e. The van der Waals surface area contributed by atoms with Gasteiger partial charge in [0.25, 0.3) is 5.91 Å². The Labute approximate surface area is 224 Å². The van der Waals surface area contributed by atoms with Crippen LogP contribution in [0.15, 0.2) is 80.8 Å². The quantitative estimate of drug-likeness (QED) is 0.151. The van der Waals surface area contributed by atoms with Crippen molar-refractivity contribution in [2.45, 2.75) is 23.1 Å². The zero-order valence-electron chi connectivity index (χ0n) is 18.6. The number of ketones is 1. The summed E-state index contributed by atoms with van der Waals surface area (Å²) < 4.78 is 6.08. The van der Waals surface area contributed by atoms with E-state index < -0.39 is 23.5 Å². The van der Waals surface area contributed by atoms with Gasteiger partial charge in [-0.05, 0) is 42.3 Å². The first-order chi connectivity index (χ1) is 17.3. The van der Waals surface area contributed by atoms with Crippen molar-refractivity contribution in [3.63, 3.8) is 0 Å². The summed E-state index contributed by atoms with van der Waals surface area (Å²) in [5, 5.41) is 20.6. The minimum absolute atomic E-state index is 0.0398. The number of aliphatic hydroxyl groups is 1. The third-order valence-corrected chi connectivity index (χ3v) is 8.19. The van der Waals surface area contributed by atoms with Gasteiger partial charge in [0.2, 0.25) is 10.9 Å². The van der Waals surface area contributed by atoms with Crippen molar-refractivity contribution in [3.8, 4) is 0 Å². The summed E-state index contributed by atoms with van der Waals surface area (Å²) >= 11 is 14.8. The van der Waals surface area contributed by atoms with Crippen LogP contribution in [0.2, 0.25) is 10.0 Å². The predicted molar refractivity (Wildman–Crippen MR) is 140 cm³/mol. The second kappa shape index (κ2) is 10.1. The van der Waals surface area contributed by atoms with Gasteiger partial charge in [-0.2, -0.15) is 0 Å². The molecule has 4 aromatic rings. The highest BCUT2D eigenvalue weighted by Crippen LogP contribution is 2.44. The monoisotopic (exact) mass is 557 g/mol. The van der Waals surface area contributed by atoms with Crippen LogP contribution in [0.25, 0.3) is 0 Å². The van der Waals surface area contributed by atoms with Gasteiger partial charge in [0, 0.05) is 15.8 Å². The molecule has 182 valence electrons. The highest BCUT2D eigenvalue weighted by Gasteiger charge is 2.46. The lowest BCUT2D eigenvalue weighted by Gasteiger charge is -2.23. The van der Waals surface area contributed by atoms with Crippen LogP contribution < -0.4 is 4.90 Å². The topological polar surface area (TPSA) is 96.5 Å². The number of furan rings is 1. The molecule has 1 unspecified atom stereocenters. The van der Waals surface area contributed by atoms with Crippen molar-refractivity contribution >= 4 is 63.1 Å². The molecule has 5 rings (SSSR count). The number of aryl methyl sites for hydroxylation is 1. The van der Waals surface area contributed by atoms with Crippen molar-refractivity contribution in [1.82, 2.24) is 10.2 Å². The van der Waals surface area contributed by atoms with Crippen LogP contribution >= 0.6 is 46.3 Å². The first kappa shape index (κ1) is 24.6. The SMILES string of the molecule is Cc1ccc(C(=O)C2=C(O)C(=O)N(c3nnc(SCc4ccc(Cl)cc4Cl)s3)C2c2ccccc2)o1. The highest BCUT2D eigenvalue weighted by molar-refractivity contribution is 8.00. The molecule has 1 atom stereocenters. The normalized spacial score (nSPS) is 15.7. The molecule has 0 spiro atoms. The molecule has 1 amide bonds. The molecule has 1 N–H and O–H groups in total. The van der Waals surface area contributed by atoms with E-state index in [1.807, 2.05) is 12.1 Å². The molecule has 0 fully saturated rings. The first-order valence-corrected chi connectivity index (χ1v) is 13.2. The second-order valence-electron chi connectivity index (χ2n) is 7.87. The van der Waals surface area contributed by atoms with E-state index in [4.69, 9.17) is 27.6 Å². The molecular formula is C25H17Cl2N3O4S2. The summed E-state index contributed by atoms with van der Waals surface area (Å²) in [5.41, 5.74) is 1.44. The van der Waals surface area contributed by atoms with Crippen LogP contribution in [0.1, 0.15) is 33.5 Å². The number of hydrogen-bond donors (Lipinski definition) is 1. The maximum atomic E-state index is 13.3. The number of aliphatic hydroxyl groups excluding tert-OH is 1. The summed E-state index contributed by atoms with van der Waals surface area (Å²) in [7, 11) is 0. The number of amides is 1. The van der Waals surface area contributed by atoms with Crippen molar-refractivity contribution in [2.75, 3.05) is 4.90 Å². The second-order valence-corrected chi connectivity index (χ2v) is 10.9. The van der Waals surface area contributed by atoms with Crippen molar-refractivity contribution in [3.05, 3.63) is 105 Å². The molecule has 11 heteroatoms. The number of benzene rings is 2. The molecule has 3 heterocycles. The Balaban J connectivity index is 1.47. The van der Waals surface area contributed by atoms with Crippen LogP contribution in [0.3, 0.4) is 0 Å². The Hall–Kier alpha value is -3.11. The van der Waals surface area contributed by atoms with Crippen LogP contribution in [0, 0.1) is 6.92 Å². The molecule has 0 saturated heterocycles. The molecule has 0 radical (unpaired) electrons. The number of hydrogen-bond acceptors (Lipinski definition) is 8. The predicted octanol–water partition coefficient (Wildman–Crippen LogP) is 6.82. The van der Waals surface area contributed by atoms with E-state index >= 15 is 0 Å². The molecule has 36 heavy (non-hydrogen) atoms. The minimum Gasteiger partial charge on any atom is -0.503 e. The van der Waals surface area contributed by atoms with Gasteiger partial charge in [-0.1, -0.05) is 82.7 Å². The van der Waals surface area contributed by atoms with Crippen LogP contribution in [0.4, 0.5) is 5.13 Å². The fourth-order valence-corrected chi connectivity index (χ4v) is 6.24. The number of thioether (sulfide) groups is 1. The number of aromatic nitrogens is 2. The molecule has 0 bridgehead atoms.